The van der Waals surface area contributed by atoms with Gasteiger partial charge in [0.15, 0.2) is 0 Å². The van der Waals surface area contributed by atoms with Crippen LogP contribution >= 0.6 is 0 Å². The lowest BCUT2D eigenvalue weighted by molar-refractivity contribution is 0.0770. The quantitative estimate of drug-likeness (QED) is 0.829. The van der Waals surface area contributed by atoms with Crippen molar-refractivity contribution in [3.8, 4) is 5.75 Å². The number of benzene rings is 1. The molecule has 0 bridgehead atoms. The van der Waals surface area contributed by atoms with Crippen molar-refractivity contribution < 1.29 is 9.47 Å². The van der Waals surface area contributed by atoms with Crippen molar-refractivity contribution in [3.05, 3.63) is 28.8 Å². The van der Waals surface area contributed by atoms with Gasteiger partial charge in [-0.15, -0.1) is 0 Å². The molecule has 19 heavy (non-hydrogen) atoms. The Kier molecular flexibility index (Phi) is 5.23. The first-order valence-corrected chi connectivity index (χ1v) is 7.19. The second-order valence-electron chi connectivity index (χ2n) is 5.34. The lowest BCUT2D eigenvalue weighted by Gasteiger charge is -2.23. The van der Waals surface area contributed by atoms with Gasteiger partial charge >= 0.3 is 0 Å². The second kappa shape index (κ2) is 6.92. The number of rotatable bonds is 5. The lowest BCUT2D eigenvalue weighted by Crippen LogP contribution is -2.37. The largest absolute Gasteiger partial charge is 0.492 e. The molecule has 1 N–H and O–H groups in total. The maximum atomic E-state index is 5.95. The summed E-state index contributed by atoms with van der Waals surface area (Å²) in [6, 6.07) is 4.87. The molecule has 3 heteroatoms. The Morgan fingerprint density at radius 3 is 2.58 bits per heavy atom. The van der Waals surface area contributed by atoms with Crippen LogP contribution in [0.25, 0.3) is 0 Å². The van der Waals surface area contributed by atoms with Gasteiger partial charge < -0.3 is 14.8 Å². The summed E-state index contributed by atoms with van der Waals surface area (Å²) >= 11 is 0. The zero-order valence-corrected chi connectivity index (χ0v) is 12.3. The third-order valence-corrected chi connectivity index (χ3v) is 3.88. The Morgan fingerprint density at radius 2 is 1.84 bits per heavy atom. The SMILES string of the molecule is Cc1ccc(C)c(OCCNC2CCOCC2)c1C. The third kappa shape index (κ3) is 3.95. The summed E-state index contributed by atoms with van der Waals surface area (Å²) in [7, 11) is 0. The predicted molar refractivity (Wildman–Crippen MR) is 78.0 cm³/mol. The minimum absolute atomic E-state index is 0.594. The summed E-state index contributed by atoms with van der Waals surface area (Å²) in [5.74, 6) is 1.05. The average molecular weight is 263 g/mol. The van der Waals surface area contributed by atoms with Gasteiger partial charge in [-0.25, -0.2) is 0 Å². The Balaban J connectivity index is 1.77. The second-order valence-corrected chi connectivity index (χ2v) is 5.34. The molecule has 3 nitrogen and oxygen atoms in total. The molecule has 1 aliphatic heterocycles. The molecule has 1 saturated heterocycles. The smallest absolute Gasteiger partial charge is 0.125 e. The third-order valence-electron chi connectivity index (χ3n) is 3.88. The van der Waals surface area contributed by atoms with E-state index in [4.69, 9.17) is 9.47 Å². The Labute approximate surface area is 116 Å². The number of nitrogens with one attached hydrogen (secondary N) is 1. The standard InChI is InChI=1S/C16H25NO2/c1-12-4-5-13(2)16(14(12)3)19-11-8-17-15-6-9-18-10-7-15/h4-5,15,17H,6-11H2,1-3H3. The van der Waals surface area contributed by atoms with Crippen molar-refractivity contribution in [2.45, 2.75) is 39.7 Å². The molecule has 0 amide bonds. The predicted octanol–water partition coefficient (Wildman–Crippen LogP) is 2.76. The number of aryl methyl sites for hydroxylation is 2. The maximum Gasteiger partial charge on any atom is 0.125 e. The van der Waals surface area contributed by atoms with Crippen LogP contribution in [-0.4, -0.2) is 32.4 Å². The van der Waals surface area contributed by atoms with E-state index < -0.39 is 0 Å². The highest BCUT2D eigenvalue weighted by atomic mass is 16.5. The first kappa shape index (κ1) is 14.4. The van der Waals surface area contributed by atoms with E-state index >= 15 is 0 Å². The van der Waals surface area contributed by atoms with Crippen LogP contribution in [0.5, 0.6) is 5.75 Å². The molecule has 0 aliphatic carbocycles. The van der Waals surface area contributed by atoms with Crippen LogP contribution in [-0.2, 0) is 4.74 Å². The summed E-state index contributed by atoms with van der Waals surface area (Å²) in [5, 5.41) is 3.54. The molecule has 0 radical (unpaired) electrons. The van der Waals surface area contributed by atoms with E-state index in [9.17, 15) is 0 Å². The van der Waals surface area contributed by atoms with Crippen molar-refractivity contribution >= 4 is 0 Å². The Morgan fingerprint density at radius 1 is 1.16 bits per heavy atom. The van der Waals surface area contributed by atoms with E-state index in [-0.39, 0.29) is 0 Å². The van der Waals surface area contributed by atoms with Gasteiger partial charge in [0, 0.05) is 25.8 Å². The van der Waals surface area contributed by atoms with E-state index in [2.05, 4.69) is 38.2 Å². The van der Waals surface area contributed by atoms with Gasteiger partial charge in [0.05, 0.1) is 0 Å². The molecule has 1 fully saturated rings. The molecule has 0 spiro atoms. The van der Waals surface area contributed by atoms with Gasteiger partial charge in [-0.2, -0.15) is 0 Å². The lowest BCUT2D eigenvalue weighted by atomic mass is 10.1. The molecule has 2 rings (SSSR count). The molecule has 1 heterocycles. The highest BCUT2D eigenvalue weighted by Crippen LogP contribution is 2.25. The first-order valence-electron chi connectivity index (χ1n) is 7.19. The zero-order chi connectivity index (χ0) is 13.7. The molecular formula is C16H25NO2. The summed E-state index contributed by atoms with van der Waals surface area (Å²) < 4.78 is 11.3. The molecule has 0 saturated carbocycles. The van der Waals surface area contributed by atoms with E-state index in [0.717, 1.165) is 45.0 Å². The minimum atomic E-state index is 0.594. The van der Waals surface area contributed by atoms with E-state index in [1.165, 1.54) is 16.7 Å². The fourth-order valence-electron chi connectivity index (χ4n) is 2.47. The highest BCUT2D eigenvalue weighted by molar-refractivity contribution is 5.44. The summed E-state index contributed by atoms with van der Waals surface area (Å²) in [5.41, 5.74) is 3.76. The van der Waals surface area contributed by atoms with Crippen molar-refractivity contribution in [1.82, 2.24) is 5.32 Å². The van der Waals surface area contributed by atoms with Gasteiger partial charge in [-0.1, -0.05) is 12.1 Å². The summed E-state index contributed by atoms with van der Waals surface area (Å²) in [6.07, 6.45) is 2.23. The van der Waals surface area contributed by atoms with Crippen LogP contribution in [0, 0.1) is 20.8 Å². The molecule has 0 aromatic heterocycles. The first-order chi connectivity index (χ1) is 9.18. The van der Waals surface area contributed by atoms with Crippen molar-refractivity contribution in [1.29, 1.82) is 0 Å². The molecule has 0 unspecified atom stereocenters. The fourth-order valence-corrected chi connectivity index (χ4v) is 2.47. The van der Waals surface area contributed by atoms with Crippen LogP contribution in [0.4, 0.5) is 0 Å². The number of hydrogen-bond donors (Lipinski definition) is 1. The van der Waals surface area contributed by atoms with Gasteiger partial charge in [0.2, 0.25) is 0 Å². The Hall–Kier alpha value is -1.06. The molecule has 106 valence electrons. The molecule has 1 aliphatic rings. The van der Waals surface area contributed by atoms with Crippen molar-refractivity contribution in [2.24, 2.45) is 0 Å². The molecule has 1 aromatic carbocycles. The molecule has 0 atom stereocenters. The van der Waals surface area contributed by atoms with E-state index in [1.807, 2.05) is 0 Å². The molecular weight excluding hydrogens is 238 g/mol. The normalized spacial score (nSPS) is 16.6. The highest BCUT2D eigenvalue weighted by Gasteiger charge is 2.12. The van der Waals surface area contributed by atoms with Crippen molar-refractivity contribution in [3.63, 3.8) is 0 Å². The summed E-state index contributed by atoms with van der Waals surface area (Å²) in [4.78, 5) is 0. The Bertz CT molecular complexity index is 411. The topological polar surface area (TPSA) is 30.5 Å². The van der Waals surface area contributed by atoms with Gasteiger partial charge in [0.1, 0.15) is 12.4 Å². The molecule has 1 aromatic rings. The average Bonchev–Trinajstić information content (AvgIpc) is 2.43. The van der Waals surface area contributed by atoms with Crippen LogP contribution in [0.2, 0.25) is 0 Å². The number of hydrogen-bond acceptors (Lipinski definition) is 3. The fraction of sp³-hybridized carbons (Fsp3) is 0.625. The maximum absolute atomic E-state index is 5.95. The van der Waals surface area contributed by atoms with Crippen LogP contribution in [0.15, 0.2) is 12.1 Å². The summed E-state index contributed by atoms with van der Waals surface area (Å²) in [6.45, 7) is 9.75. The van der Waals surface area contributed by atoms with Gasteiger partial charge in [0.25, 0.3) is 0 Å². The van der Waals surface area contributed by atoms with E-state index in [0.29, 0.717) is 6.04 Å². The monoisotopic (exact) mass is 263 g/mol. The van der Waals surface area contributed by atoms with Crippen LogP contribution in [0.1, 0.15) is 29.5 Å². The minimum Gasteiger partial charge on any atom is -0.492 e. The van der Waals surface area contributed by atoms with Gasteiger partial charge in [-0.05, 0) is 50.3 Å². The van der Waals surface area contributed by atoms with Crippen molar-refractivity contribution in [2.75, 3.05) is 26.4 Å². The van der Waals surface area contributed by atoms with Gasteiger partial charge in [-0.3, -0.25) is 0 Å². The zero-order valence-electron chi connectivity index (χ0n) is 12.3. The van der Waals surface area contributed by atoms with Crippen LogP contribution in [0.3, 0.4) is 0 Å². The van der Waals surface area contributed by atoms with Crippen LogP contribution < -0.4 is 10.1 Å². The van der Waals surface area contributed by atoms with E-state index in [1.54, 1.807) is 0 Å². The number of ether oxygens (including phenoxy) is 2.